The van der Waals surface area contributed by atoms with Gasteiger partial charge in [0.1, 0.15) is 0 Å². The molecule has 1 aromatic carbocycles. The molecule has 0 radical (unpaired) electrons. The second-order valence-electron chi connectivity index (χ2n) is 5.09. The van der Waals surface area contributed by atoms with Gasteiger partial charge in [-0.2, -0.15) is 0 Å². The first-order chi connectivity index (χ1) is 9.91. The number of likely N-dealkylation sites (N-methyl/N-ethyl adjacent to an activating group) is 1. The Bertz CT molecular complexity index is 598. The molecule has 1 saturated heterocycles. The fourth-order valence-corrected chi connectivity index (χ4v) is 2.93. The molecular weight excluding hydrogens is 292 g/mol. The molecule has 1 aliphatic rings. The summed E-state index contributed by atoms with van der Waals surface area (Å²) in [5, 5.41) is 6.02. The Hall–Kier alpha value is -1.44. The van der Waals surface area contributed by atoms with E-state index in [0.29, 0.717) is 18.9 Å². The van der Waals surface area contributed by atoms with Crippen molar-refractivity contribution in [3.05, 3.63) is 24.3 Å². The van der Waals surface area contributed by atoms with Gasteiger partial charge in [-0.1, -0.05) is 6.92 Å². The number of nitrogens with one attached hydrogen (secondary N) is 2. The minimum absolute atomic E-state index is 0.0188. The smallest absolute Gasteiger partial charge is 0.231 e. The predicted octanol–water partition coefficient (Wildman–Crippen LogP) is 0.653. The van der Waals surface area contributed by atoms with Crippen LogP contribution in [-0.4, -0.2) is 46.4 Å². The Morgan fingerprint density at radius 1 is 1.29 bits per heavy atom. The first kappa shape index (κ1) is 15.9. The molecule has 0 aliphatic carbocycles. The number of carbonyl (C=O) groups is 1. The van der Waals surface area contributed by atoms with Crippen molar-refractivity contribution < 1.29 is 17.9 Å². The number of sulfone groups is 1. The van der Waals surface area contributed by atoms with E-state index in [1.54, 1.807) is 12.1 Å². The number of ether oxygens (including phenoxy) is 1. The average molecular weight is 312 g/mol. The van der Waals surface area contributed by atoms with Crippen molar-refractivity contribution >= 4 is 21.4 Å². The molecule has 7 heteroatoms. The maximum absolute atomic E-state index is 12.2. The van der Waals surface area contributed by atoms with Gasteiger partial charge in [-0.3, -0.25) is 4.79 Å². The van der Waals surface area contributed by atoms with E-state index in [1.165, 1.54) is 12.1 Å². The quantitative estimate of drug-likeness (QED) is 0.834. The van der Waals surface area contributed by atoms with Crippen LogP contribution in [0, 0.1) is 5.92 Å². The van der Waals surface area contributed by atoms with Crippen molar-refractivity contribution in [2.24, 2.45) is 5.92 Å². The highest BCUT2D eigenvalue weighted by molar-refractivity contribution is 7.90. The molecule has 2 atom stereocenters. The lowest BCUT2D eigenvalue weighted by atomic mass is 10.0. The molecule has 2 unspecified atom stereocenters. The lowest BCUT2D eigenvalue weighted by molar-refractivity contribution is -0.120. The summed E-state index contributed by atoms with van der Waals surface area (Å²) in [6.45, 7) is 3.68. The van der Waals surface area contributed by atoms with Crippen LogP contribution in [0.4, 0.5) is 5.69 Å². The van der Waals surface area contributed by atoms with Crippen LogP contribution in [0.1, 0.15) is 6.92 Å². The van der Waals surface area contributed by atoms with Crippen LogP contribution in [0.2, 0.25) is 0 Å². The Labute approximate surface area is 124 Å². The third-order valence-electron chi connectivity index (χ3n) is 3.43. The Kier molecular flexibility index (Phi) is 4.97. The number of hydrogen-bond donors (Lipinski definition) is 2. The second-order valence-corrected chi connectivity index (χ2v) is 7.11. The molecule has 1 aliphatic heterocycles. The van der Waals surface area contributed by atoms with Gasteiger partial charge >= 0.3 is 0 Å². The first-order valence-corrected chi connectivity index (χ1v) is 8.73. The fraction of sp³-hybridized carbons (Fsp3) is 0.500. The van der Waals surface area contributed by atoms with Gasteiger partial charge in [0.25, 0.3) is 0 Å². The van der Waals surface area contributed by atoms with Crippen molar-refractivity contribution in [3.8, 4) is 0 Å². The van der Waals surface area contributed by atoms with E-state index in [2.05, 4.69) is 10.6 Å². The predicted molar refractivity (Wildman–Crippen MR) is 80.0 cm³/mol. The summed E-state index contributed by atoms with van der Waals surface area (Å²) < 4.78 is 28.1. The zero-order valence-corrected chi connectivity index (χ0v) is 12.9. The molecule has 0 aromatic heterocycles. The molecule has 1 fully saturated rings. The summed E-state index contributed by atoms with van der Waals surface area (Å²) in [7, 11) is -3.22. The summed E-state index contributed by atoms with van der Waals surface area (Å²) in [4.78, 5) is 12.5. The third kappa shape index (κ3) is 4.03. The number of rotatable bonds is 5. The molecule has 1 heterocycles. The van der Waals surface area contributed by atoms with Crippen molar-refractivity contribution in [3.63, 3.8) is 0 Å². The van der Waals surface area contributed by atoms with E-state index >= 15 is 0 Å². The van der Waals surface area contributed by atoms with E-state index in [9.17, 15) is 13.2 Å². The van der Waals surface area contributed by atoms with Crippen molar-refractivity contribution in [2.45, 2.75) is 17.9 Å². The normalized spacial score (nSPS) is 22.2. The SMILES string of the molecule is CCNC1COCC1C(=O)Nc1ccc(S(C)(=O)=O)cc1. The molecule has 0 spiro atoms. The zero-order chi connectivity index (χ0) is 15.5. The minimum Gasteiger partial charge on any atom is -0.379 e. The Balaban J connectivity index is 2.02. The lowest BCUT2D eigenvalue weighted by Crippen LogP contribution is -2.41. The standard InChI is InChI=1S/C14H20N2O4S/c1-3-15-13-9-20-8-12(13)14(17)16-10-4-6-11(7-5-10)21(2,18)19/h4-7,12-13,15H,3,8-9H2,1-2H3,(H,16,17). The topological polar surface area (TPSA) is 84.5 Å². The summed E-state index contributed by atoms with van der Waals surface area (Å²) >= 11 is 0. The van der Waals surface area contributed by atoms with Gasteiger partial charge in [-0.05, 0) is 30.8 Å². The number of benzene rings is 1. The van der Waals surface area contributed by atoms with Crippen LogP contribution >= 0.6 is 0 Å². The highest BCUT2D eigenvalue weighted by Crippen LogP contribution is 2.18. The Morgan fingerprint density at radius 2 is 1.95 bits per heavy atom. The van der Waals surface area contributed by atoms with Gasteiger partial charge < -0.3 is 15.4 Å². The third-order valence-corrected chi connectivity index (χ3v) is 4.56. The average Bonchev–Trinajstić information content (AvgIpc) is 2.87. The first-order valence-electron chi connectivity index (χ1n) is 6.84. The fourth-order valence-electron chi connectivity index (χ4n) is 2.30. The van der Waals surface area contributed by atoms with Gasteiger partial charge in [0.2, 0.25) is 5.91 Å². The van der Waals surface area contributed by atoms with Gasteiger partial charge in [0.15, 0.2) is 9.84 Å². The van der Waals surface area contributed by atoms with E-state index < -0.39 is 9.84 Å². The largest absolute Gasteiger partial charge is 0.379 e. The molecule has 0 saturated carbocycles. The zero-order valence-electron chi connectivity index (χ0n) is 12.1. The number of hydrogen-bond acceptors (Lipinski definition) is 5. The minimum atomic E-state index is -3.22. The van der Waals surface area contributed by atoms with Crippen LogP contribution in [-0.2, 0) is 19.4 Å². The molecular formula is C14H20N2O4S. The van der Waals surface area contributed by atoms with Gasteiger partial charge in [-0.25, -0.2) is 8.42 Å². The van der Waals surface area contributed by atoms with E-state index in [1.807, 2.05) is 6.92 Å². The van der Waals surface area contributed by atoms with Crippen LogP contribution in [0.5, 0.6) is 0 Å². The van der Waals surface area contributed by atoms with Crippen molar-refractivity contribution in [2.75, 3.05) is 31.3 Å². The lowest BCUT2D eigenvalue weighted by Gasteiger charge is -2.17. The molecule has 116 valence electrons. The van der Waals surface area contributed by atoms with Gasteiger partial charge in [0.05, 0.1) is 24.0 Å². The molecule has 1 amide bonds. The van der Waals surface area contributed by atoms with Crippen LogP contribution in [0.25, 0.3) is 0 Å². The van der Waals surface area contributed by atoms with Crippen molar-refractivity contribution in [1.29, 1.82) is 0 Å². The number of carbonyl (C=O) groups excluding carboxylic acids is 1. The van der Waals surface area contributed by atoms with Crippen LogP contribution < -0.4 is 10.6 Å². The molecule has 1 aromatic rings. The van der Waals surface area contributed by atoms with E-state index in [0.717, 1.165) is 12.8 Å². The maximum atomic E-state index is 12.2. The number of amides is 1. The molecule has 6 nitrogen and oxygen atoms in total. The Morgan fingerprint density at radius 3 is 2.52 bits per heavy atom. The van der Waals surface area contributed by atoms with E-state index in [4.69, 9.17) is 4.74 Å². The summed E-state index contributed by atoms with van der Waals surface area (Å²) in [6.07, 6.45) is 1.15. The molecule has 2 rings (SSSR count). The van der Waals surface area contributed by atoms with E-state index in [-0.39, 0.29) is 22.8 Å². The highest BCUT2D eigenvalue weighted by atomic mass is 32.2. The van der Waals surface area contributed by atoms with Crippen molar-refractivity contribution in [1.82, 2.24) is 5.32 Å². The molecule has 0 bridgehead atoms. The highest BCUT2D eigenvalue weighted by Gasteiger charge is 2.33. The molecule has 21 heavy (non-hydrogen) atoms. The second kappa shape index (κ2) is 6.55. The van der Waals surface area contributed by atoms with Crippen LogP contribution in [0.3, 0.4) is 0 Å². The van der Waals surface area contributed by atoms with Gasteiger partial charge in [-0.15, -0.1) is 0 Å². The summed E-state index contributed by atoms with van der Waals surface area (Å²) in [5.41, 5.74) is 0.578. The van der Waals surface area contributed by atoms with Gasteiger partial charge in [0, 0.05) is 18.0 Å². The molecule has 2 N–H and O–H groups in total. The maximum Gasteiger partial charge on any atom is 0.231 e. The summed E-state index contributed by atoms with van der Waals surface area (Å²) in [5.74, 6) is -0.356. The number of anilines is 1. The van der Waals surface area contributed by atoms with Crippen LogP contribution in [0.15, 0.2) is 29.2 Å². The summed E-state index contributed by atoms with van der Waals surface area (Å²) in [6, 6.07) is 6.17. The monoisotopic (exact) mass is 312 g/mol.